The van der Waals surface area contributed by atoms with Gasteiger partial charge in [0.2, 0.25) is 0 Å². The summed E-state index contributed by atoms with van der Waals surface area (Å²) in [5.74, 6) is 0.599. The second-order valence-electron chi connectivity index (χ2n) is 8.87. The van der Waals surface area contributed by atoms with Crippen molar-refractivity contribution in [3.05, 3.63) is 107 Å². The molecule has 1 amide bonds. The Labute approximate surface area is 247 Å². The Bertz CT molecular complexity index is 1540. The summed E-state index contributed by atoms with van der Waals surface area (Å²) in [5.41, 5.74) is 4.97. The van der Waals surface area contributed by atoms with Gasteiger partial charge in [0.05, 0.1) is 20.8 Å². The van der Waals surface area contributed by atoms with Crippen molar-refractivity contribution in [3.63, 3.8) is 0 Å². The van der Waals surface area contributed by atoms with Crippen LogP contribution in [0, 0.1) is 14.9 Å². The summed E-state index contributed by atoms with van der Waals surface area (Å²) in [4.78, 5) is 19.5. The largest absolute Gasteiger partial charge is 0.487 e. The monoisotopic (exact) mass is 695 g/mol. The third kappa shape index (κ3) is 6.17. The number of halogens is 2. The number of hydrogen-bond donors (Lipinski definition) is 1. The first-order valence-corrected chi connectivity index (χ1v) is 14.9. The molecule has 0 aliphatic heterocycles. The Morgan fingerprint density at radius 1 is 1.13 bits per heavy atom. The van der Waals surface area contributed by atoms with Crippen molar-refractivity contribution in [3.8, 4) is 11.8 Å². The van der Waals surface area contributed by atoms with Gasteiger partial charge in [0.25, 0.3) is 5.91 Å². The van der Waals surface area contributed by atoms with Gasteiger partial charge < -0.3 is 10.1 Å². The van der Waals surface area contributed by atoms with Crippen LogP contribution < -0.4 is 10.1 Å². The highest BCUT2D eigenvalue weighted by Gasteiger charge is 2.25. The van der Waals surface area contributed by atoms with Gasteiger partial charge in [-0.15, -0.1) is 11.3 Å². The second kappa shape index (κ2) is 12.2. The number of anilines is 1. The smallest absolute Gasteiger partial charge is 0.259 e. The molecule has 190 valence electrons. The summed E-state index contributed by atoms with van der Waals surface area (Å²) in [7, 11) is 0. The number of rotatable bonds is 7. The summed E-state index contributed by atoms with van der Waals surface area (Å²) < 4.78 is 8.09. The fourth-order valence-electron chi connectivity index (χ4n) is 4.38. The summed E-state index contributed by atoms with van der Waals surface area (Å²) in [6.45, 7) is 0.363. The Balaban J connectivity index is 1.45. The van der Waals surface area contributed by atoms with E-state index in [4.69, 9.17) is 15.0 Å². The van der Waals surface area contributed by atoms with Crippen LogP contribution in [0.5, 0.6) is 5.75 Å². The number of nitrogens with zero attached hydrogens (tertiary/aromatic N) is 2. The predicted octanol–water partition coefficient (Wildman–Crippen LogP) is 8.45. The zero-order valence-corrected chi connectivity index (χ0v) is 24.9. The molecule has 4 aromatic rings. The molecular weight excluding hydrogens is 673 g/mol. The lowest BCUT2D eigenvalue weighted by Crippen LogP contribution is -2.14. The summed E-state index contributed by atoms with van der Waals surface area (Å²) >= 11 is 7.46. The summed E-state index contributed by atoms with van der Waals surface area (Å²) in [5, 5.41) is 12.8. The minimum absolute atomic E-state index is 0.121. The van der Waals surface area contributed by atoms with E-state index < -0.39 is 0 Å². The van der Waals surface area contributed by atoms with Crippen LogP contribution in [0.4, 0.5) is 10.7 Å². The van der Waals surface area contributed by atoms with Gasteiger partial charge in [-0.3, -0.25) is 4.79 Å². The molecule has 1 aliphatic carbocycles. The molecule has 0 unspecified atom stereocenters. The molecule has 0 saturated carbocycles. The lowest BCUT2D eigenvalue weighted by molar-refractivity contribution is 0.102. The van der Waals surface area contributed by atoms with Gasteiger partial charge in [-0.25, -0.2) is 4.99 Å². The van der Waals surface area contributed by atoms with E-state index in [2.05, 4.69) is 49.9 Å². The van der Waals surface area contributed by atoms with Gasteiger partial charge in [0.1, 0.15) is 17.4 Å². The van der Waals surface area contributed by atoms with E-state index in [1.54, 1.807) is 29.7 Å². The molecule has 1 heterocycles. The molecule has 0 bridgehead atoms. The van der Waals surface area contributed by atoms with Crippen molar-refractivity contribution in [2.75, 3.05) is 5.32 Å². The standard InChI is InChI=1S/C30H23BrIN3O2S/c31-22-14-21(28(25(32)15-22)37-18-20-12-10-19(16-33)11-13-20)17-34-30-27(24-8-4-5-9-26(24)38-30)29(36)35-23-6-2-1-3-7-23/h1-3,6-7,10-15,17H,4-5,8-9,18H2,(H,35,36). The molecule has 1 N–H and O–H groups in total. The number of hydrogen-bond acceptors (Lipinski definition) is 5. The van der Waals surface area contributed by atoms with E-state index in [9.17, 15) is 4.79 Å². The molecule has 0 atom stereocenters. The number of aliphatic imine (C=N–C) groups is 1. The van der Waals surface area contributed by atoms with E-state index in [1.807, 2.05) is 54.6 Å². The van der Waals surface area contributed by atoms with Crippen molar-refractivity contribution in [1.82, 2.24) is 0 Å². The Hall–Kier alpha value is -3.00. The highest BCUT2D eigenvalue weighted by molar-refractivity contribution is 14.1. The lowest BCUT2D eigenvalue weighted by Gasteiger charge is -2.13. The van der Waals surface area contributed by atoms with E-state index in [-0.39, 0.29) is 5.91 Å². The fourth-order valence-corrected chi connectivity index (χ4v) is 7.32. The van der Waals surface area contributed by atoms with Gasteiger partial charge in [0, 0.05) is 26.8 Å². The first-order valence-electron chi connectivity index (χ1n) is 12.2. The highest BCUT2D eigenvalue weighted by Crippen LogP contribution is 2.40. The van der Waals surface area contributed by atoms with Gasteiger partial charge >= 0.3 is 0 Å². The molecule has 0 spiro atoms. The van der Waals surface area contributed by atoms with Crippen LogP contribution in [0.15, 0.2) is 76.2 Å². The highest BCUT2D eigenvalue weighted by atomic mass is 127. The number of thiophene rings is 1. The number of para-hydroxylation sites is 1. The summed E-state index contributed by atoms with van der Waals surface area (Å²) in [6.07, 6.45) is 5.88. The van der Waals surface area contributed by atoms with Crippen molar-refractivity contribution in [2.45, 2.75) is 32.3 Å². The molecule has 1 aliphatic rings. The van der Waals surface area contributed by atoms with Crippen LogP contribution in [-0.2, 0) is 19.4 Å². The maximum atomic E-state index is 13.4. The number of ether oxygens (including phenoxy) is 1. The average molecular weight is 696 g/mol. The Morgan fingerprint density at radius 2 is 1.89 bits per heavy atom. The topological polar surface area (TPSA) is 74.5 Å². The molecule has 0 saturated heterocycles. The third-order valence-electron chi connectivity index (χ3n) is 6.24. The number of carbonyl (C=O) groups excluding carboxylic acids is 1. The van der Waals surface area contributed by atoms with Crippen LogP contribution in [0.2, 0.25) is 0 Å². The SMILES string of the molecule is N#Cc1ccc(COc2c(I)cc(Br)cc2C=Nc2sc3c(c2C(=O)Nc2ccccc2)CCCC3)cc1. The van der Waals surface area contributed by atoms with E-state index in [0.29, 0.717) is 17.7 Å². The van der Waals surface area contributed by atoms with Crippen LogP contribution in [0.25, 0.3) is 0 Å². The average Bonchev–Trinajstić information content (AvgIpc) is 3.30. The first-order chi connectivity index (χ1) is 18.5. The molecular formula is C30H23BrIN3O2S. The number of amides is 1. The lowest BCUT2D eigenvalue weighted by atomic mass is 9.95. The van der Waals surface area contributed by atoms with Gasteiger partial charge in [-0.05, 0) is 95.8 Å². The fraction of sp³-hybridized carbons (Fsp3) is 0.167. The minimum Gasteiger partial charge on any atom is -0.487 e. The van der Waals surface area contributed by atoms with Crippen LogP contribution in [0.1, 0.15) is 50.3 Å². The maximum absolute atomic E-state index is 13.4. The van der Waals surface area contributed by atoms with E-state index >= 15 is 0 Å². The predicted molar refractivity (Wildman–Crippen MR) is 165 cm³/mol. The molecule has 0 fully saturated rings. The summed E-state index contributed by atoms with van der Waals surface area (Å²) in [6, 6.07) is 23.0. The van der Waals surface area contributed by atoms with Crippen molar-refractivity contribution >= 4 is 72.7 Å². The molecule has 38 heavy (non-hydrogen) atoms. The molecule has 8 heteroatoms. The quantitative estimate of drug-likeness (QED) is 0.156. The van der Waals surface area contributed by atoms with Crippen LogP contribution in [0.3, 0.4) is 0 Å². The molecule has 5 nitrogen and oxygen atoms in total. The number of fused-ring (bicyclic) bond motifs is 1. The number of aryl methyl sites for hydroxylation is 1. The number of benzene rings is 3. The van der Waals surface area contributed by atoms with Gasteiger partial charge in [-0.1, -0.05) is 46.3 Å². The van der Waals surface area contributed by atoms with Crippen LogP contribution >= 0.6 is 49.9 Å². The zero-order valence-electron chi connectivity index (χ0n) is 20.3. The number of carbonyl (C=O) groups is 1. The van der Waals surface area contributed by atoms with E-state index in [1.165, 1.54) is 4.88 Å². The molecule has 1 aromatic heterocycles. The zero-order chi connectivity index (χ0) is 26.5. The Kier molecular flexibility index (Phi) is 8.57. The molecule has 5 rings (SSSR count). The van der Waals surface area contributed by atoms with Crippen molar-refractivity contribution in [1.29, 1.82) is 5.26 Å². The van der Waals surface area contributed by atoms with Gasteiger partial charge in [0.15, 0.2) is 0 Å². The van der Waals surface area contributed by atoms with Crippen molar-refractivity contribution < 1.29 is 9.53 Å². The van der Waals surface area contributed by atoms with Crippen LogP contribution in [-0.4, -0.2) is 12.1 Å². The second-order valence-corrected chi connectivity index (χ2v) is 12.0. The first kappa shape index (κ1) is 26.6. The van der Waals surface area contributed by atoms with Gasteiger partial charge in [-0.2, -0.15) is 5.26 Å². The molecule has 3 aromatic carbocycles. The van der Waals surface area contributed by atoms with Crippen molar-refractivity contribution in [2.24, 2.45) is 4.99 Å². The Morgan fingerprint density at radius 3 is 2.66 bits per heavy atom. The number of nitriles is 1. The molecule has 0 radical (unpaired) electrons. The minimum atomic E-state index is -0.121. The van der Waals surface area contributed by atoms with E-state index in [0.717, 1.165) is 66.9 Å². The maximum Gasteiger partial charge on any atom is 0.259 e. The third-order valence-corrected chi connectivity index (χ3v) is 8.69. The normalized spacial score (nSPS) is 12.7. The number of nitrogens with one attached hydrogen (secondary N) is 1.